The van der Waals surface area contributed by atoms with Crippen molar-refractivity contribution >= 4 is 23.4 Å². The van der Waals surface area contributed by atoms with Crippen molar-refractivity contribution in [1.82, 2.24) is 10.2 Å². The monoisotopic (exact) mass is 229 g/mol. The molecule has 0 unspecified atom stereocenters. The standard InChI is InChI=1S/C9H12ClN3O2/c1-2-13(6-5-9(14)15)8-4-3-7(10)11-12-8/h3-4H,2,5-6H2,1H3,(H,14,15). The van der Waals surface area contributed by atoms with Gasteiger partial charge in [-0.3, -0.25) is 4.79 Å². The highest BCUT2D eigenvalue weighted by molar-refractivity contribution is 6.29. The molecule has 0 amide bonds. The van der Waals surface area contributed by atoms with E-state index in [1.165, 1.54) is 0 Å². The summed E-state index contributed by atoms with van der Waals surface area (Å²) in [6.07, 6.45) is 0.0815. The summed E-state index contributed by atoms with van der Waals surface area (Å²) >= 11 is 5.60. The van der Waals surface area contributed by atoms with E-state index in [2.05, 4.69) is 10.2 Å². The van der Waals surface area contributed by atoms with Crippen LogP contribution in [-0.2, 0) is 4.79 Å². The van der Waals surface area contributed by atoms with Gasteiger partial charge in [0.25, 0.3) is 0 Å². The highest BCUT2D eigenvalue weighted by Crippen LogP contribution is 2.11. The van der Waals surface area contributed by atoms with Crippen LogP contribution in [0, 0.1) is 0 Å². The predicted octanol–water partition coefficient (Wildman–Crippen LogP) is 1.43. The Hall–Kier alpha value is -1.36. The zero-order chi connectivity index (χ0) is 11.3. The third kappa shape index (κ3) is 3.71. The average Bonchev–Trinajstić information content (AvgIpc) is 2.21. The van der Waals surface area contributed by atoms with E-state index in [4.69, 9.17) is 16.7 Å². The lowest BCUT2D eigenvalue weighted by atomic mass is 10.3. The van der Waals surface area contributed by atoms with Gasteiger partial charge >= 0.3 is 5.97 Å². The SMILES string of the molecule is CCN(CCC(=O)O)c1ccc(Cl)nn1. The number of hydrogen-bond acceptors (Lipinski definition) is 4. The van der Waals surface area contributed by atoms with E-state index in [1.54, 1.807) is 12.1 Å². The van der Waals surface area contributed by atoms with Gasteiger partial charge in [0, 0.05) is 13.1 Å². The first-order chi connectivity index (χ1) is 7.13. The van der Waals surface area contributed by atoms with Gasteiger partial charge < -0.3 is 10.0 Å². The van der Waals surface area contributed by atoms with E-state index in [9.17, 15) is 4.79 Å². The minimum atomic E-state index is -0.824. The minimum Gasteiger partial charge on any atom is -0.481 e. The van der Waals surface area contributed by atoms with Gasteiger partial charge in [-0.25, -0.2) is 0 Å². The fourth-order valence-electron chi connectivity index (χ4n) is 1.14. The lowest BCUT2D eigenvalue weighted by Gasteiger charge is -2.19. The molecule has 0 saturated heterocycles. The number of rotatable bonds is 5. The normalized spacial score (nSPS) is 10.0. The second-order valence-electron chi connectivity index (χ2n) is 2.94. The minimum absolute atomic E-state index is 0.0815. The topological polar surface area (TPSA) is 66.3 Å². The Morgan fingerprint density at radius 1 is 1.53 bits per heavy atom. The zero-order valence-electron chi connectivity index (χ0n) is 8.35. The van der Waals surface area contributed by atoms with Gasteiger partial charge in [-0.15, -0.1) is 10.2 Å². The zero-order valence-corrected chi connectivity index (χ0v) is 9.11. The second-order valence-corrected chi connectivity index (χ2v) is 3.32. The van der Waals surface area contributed by atoms with E-state index in [0.29, 0.717) is 24.1 Å². The number of aliphatic carboxylic acids is 1. The molecule has 15 heavy (non-hydrogen) atoms. The molecule has 1 heterocycles. The molecule has 0 aliphatic heterocycles. The molecule has 0 radical (unpaired) electrons. The third-order valence-corrected chi connectivity index (χ3v) is 2.12. The van der Waals surface area contributed by atoms with Crippen LogP contribution in [0.2, 0.25) is 5.15 Å². The molecule has 0 aliphatic rings. The van der Waals surface area contributed by atoms with Gasteiger partial charge in [0.1, 0.15) is 0 Å². The lowest BCUT2D eigenvalue weighted by molar-refractivity contribution is -0.136. The van der Waals surface area contributed by atoms with Crippen molar-refractivity contribution in [1.29, 1.82) is 0 Å². The molecule has 0 atom stereocenters. The molecule has 0 aliphatic carbocycles. The van der Waals surface area contributed by atoms with Crippen molar-refractivity contribution in [2.24, 2.45) is 0 Å². The summed E-state index contributed by atoms with van der Waals surface area (Å²) in [6, 6.07) is 3.36. The van der Waals surface area contributed by atoms with Crippen molar-refractivity contribution in [2.75, 3.05) is 18.0 Å². The molecule has 82 valence electrons. The molecular weight excluding hydrogens is 218 g/mol. The number of carbonyl (C=O) groups is 1. The first-order valence-corrected chi connectivity index (χ1v) is 4.97. The Balaban J connectivity index is 2.65. The molecule has 0 spiro atoms. The van der Waals surface area contributed by atoms with Crippen LogP contribution in [0.25, 0.3) is 0 Å². The fourth-order valence-corrected chi connectivity index (χ4v) is 1.24. The maximum atomic E-state index is 10.4. The van der Waals surface area contributed by atoms with Gasteiger partial charge in [0.15, 0.2) is 11.0 Å². The summed E-state index contributed by atoms with van der Waals surface area (Å²) in [5.41, 5.74) is 0. The Kier molecular flexibility index (Phi) is 4.30. The summed E-state index contributed by atoms with van der Waals surface area (Å²) in [6.45, 7) is 3.03. The number of anilines is 1. The van der Waals surface area contributed by atoms with Crippen molar-refractivity contribution in [2.45, 2.75) is 13.3 Å². The summed E-state index contributed by atoms with van der Waals surface area (Å²) in [7, 11) is 0. The Bertz CT molecular complexity index is 329. The van der Waals surface area contributed by atoms with Crippen molar-refractivity contribution in [3.8, 4) is 0 Å². The molecule has 0 saturated carbocycles. The van der Waals surface area contributed by atoms with Gasteiger partial charge in [0.2, 0.25) is 0 Å². The quantitative estimate of drug-likeness (QED) is 0.828. The summed E-state index contributed by atoms with van der Waals surface area (Å²) in [5, 5.41) is 16.5. The van der Waals surface area contributed by atoms with Gasteiger partial charge in [-0.1, -0.05) is 11.6 Å². The predicted molar refractivity (Wildman–Crippen MR) is 57.2 cm³/mol. The smallest absolute Gasteiger partial charge is 0.305 e. The van der Waals surface area contributed by atoms with Crippen LogP contribution in [0.15, 0.2) is 12.1 Å². The van der Waals surface area contributed by atoms with Crippen LogP contribution in [0.4, 0.5) is 5.82 Å². The molecular formula is C9H12ClN3O2. The number of carboxylic acid groups (broad SMARTS) is 1. The van der Waals surface area contributed by atoms with E-state index < -0.39 is 5.97 Å². The van der Waals surface area contributed by atoms with Crippen LogP contribution < -0.4 is 4.90 Å². The van der Waals surface area contributed by atoms with Crippen LogP contribution in [0.1, 0.15) is 13.3 Å². The fraction of sp³-hybridized carbons (Fsp3) is 0.444. The van der Waals surface area contributed by atoms with Crippen molar-refractivity contribution < 1.29 is 9.90 Å². The molecule has 5 nitrogen and oxygen atoms in total. The summed E-state index contributed by atoms with van der Waals surface area (Å²) in [4.78, 5) is 12.3. The van der Waals surface area contributed by atoms with Crippen molar-refractivity contribution in [3.05, 3.63) is 17.3 Å². The number of nitrogens with zero attached hydrogens (tertiary/aromatic N) is 3. The van der Waals surface area contributed by atoms with Gasteiger partial charge in [-0.05, 0) is 19.1 Å². The maximum Gasteiger partial charge on any atom is 0.305 e. The van der Waals surface area contributed by atoms with E-state index in [0.717, 1.165) is 0 Å². The Labute approximate surface area is 92.7 Å². The third-order valence-electron chi connectivity index (χ3n) is 1.92. The van der Waals surface area contributed by atoms with Crippen LogP contribution in [0.5, 0.6) is 0 Å². The summed E-state index contributed by atoms with van der Waals surface area (Å²) in [5.74, 6) is -0.182. The van der Waals surface area contributed by atoms with Crippen LogP contribution >= 0.6 is 11.6 Å². The number of carboxylic acids is 1. The molecule has 0 aromatic carbocycles. The lowest BCUT2D eigenvalue weighted by Crippen LogP contribution is -2.26. The van der Waals surface area contributed by atoms with Crippen LogP contribution in [0.3, 0.4) is 0 Å². The summed E-state index contributed by atoms with van der Waals surface area (Å²) < 4.78 is 0. The Morgan fingerprint density at radius 3 is 2.73 bits per heavy atom. The van der Waals surface area contributed by atoms with E-state index in [-0.39, 0.29) is 6.42 Å². The van der Waals surface area contributed by atoms with Gasteiger partial charge in [-0.2, -0.15) is 0 Å². The van der Waals surface area contributed by atoms with Crippen LogP contribution in [-0.4, -0.2) is 34.4 Å². The average molecular weight is 230 g/mol. The second kappa shape index (κ2) is 5.50. The number of hydrogen-bond donors (Lipinski definition) is 1. The van der Waals surface area contributed by atoms with E-state index in [1.807, 2.05) is 11.8 Å². The molecule has 1 aromatic heterocycles. The first-order valence-electron chi connectivity index (χ1n) is 4.59. The molecule has 1 aromatic rings. The number of aromatic nitrogens is 2. The molecule has 1 rings (SSSR count). The molecule has 0 fully saturated rings. The highest BCUT2D eigenvalue weighted by Gasteiger charge is 2.08. The van der Waals surface area contributed by atoms with Crippen molar-refractivity contribution in [3.63, 3.8) is 0 Å². The van der Waals surface area contributed by atoms with E-state index >= 15 is 0 Å². The number of halogens is 1. The largest absolute Gasteiger partial charge is 0.481 e. The maximum absolute atomic E-state index is 10.4. The Morgan fingerprint density at radius 2 is 2.27 bits per heavy atom. The molecule has 0 bridgehead atoms. The molecule has 6 heteroatoms. The molecule has 1 N–H and O–H groups in total. The first kappa shape index (κ1) is 11.7. The highest BCUT2D eigenvalue weighted by atomic mass is 35.5. The van der Waals surface area contributed by atoms with Gasteiger partial charge in [0.05, 0.1) is 6.42 Å².